The zero-order chi connectivity index (χ0) is 10.9. The van der Waals surface area contributed by atoms with Crippen LogP contribution in [-0.2, 0) is 13.6 Å². The van der Waals surface area contributed by atoms with Crippen LogP contribution in [0.3, 0.4) is 0 Å². The van der Waals surface area contributed by atoms with Crippen LogP contribution in [0, 0.1) is 0 Å². The lowest BCUT2D eigenvalue weighted by molar-refractivity contribution is 0.162. The molecule has 0 saturated heterocycles. The molecule has 0 heterocycles. The van der Waals surface area contributed by atoms with Gasteiger partial charge >= 0.3 is 8.56 Å². The van der Waals surface area contributed by atoms with E-state index in [9.17, 15) is 0 Å². The van der Waals surface area contributed by atoms with Gasteiger partial charge in [0.2, 0.25) is 0 Å². The SMILES string of the molecule is CCCCCC[Si](COC)(OC)OC. The Morgan fingerprint density at radius 1 is 0.929 bits per heavy atom. The summed E-state index contributed by atoms with van der Waals surface area (Å²) in [6, 6.07) is 1.04. The molecule has 14 heavy (non-hydrogen) atoms. The predicted molar refractivity (Wildman–Crippen MR) is 60.6 cm³/mol. The molecule has 0 unspecified atom stereocenters. The molecule has 0 atom stereocenters. The van der Waals surface area contributed by atoms with E-state index in [0.29, 0.717) is 6.23 Å². The minimum Gasteiger partial charge on any atom is -0.396 e. The first-order chi connectivity index (χ1) is 6.74. The Bertz CT molecular complexity index is 127. The lowest BCUT2D eigenvalue weighted by atomic mass is 10.2. The van der Waals surface area contributed by atoms with Gasteiger partial charge in [0.15, 0.2) is 0 Å². The lowest BCUT2D eigenvalue weighted by Crippen LogP contribution is -2.45. The number of hydrogen-bond acceptors (Lipinski definition) is 3. The van der Waals surface area contributed by atoms with Crippen LogP contribution in [0.1, 0.15) is 32.6 Å². The molecule has 0 aromatic rings. The van der Waals surface area contributed by atoms with Crippen LogP contribution in [0.15, 0.2) is 0 Å². The monoisotopic (exact) mass is 220 g/mol. The Balaban J connectivity index is 3.82. The lowest BCUT2D eigenvalue weighted by Gasteiger charge is -2.26. The highest BCUT2D eigenvalue weighted by molar-refractivity contribution is 6.67. The van der Waals surface area contributed by atoms with Gasteiger partial charge in [-0.15, -0.1) is 0 Å². The maximum Gasteiger partial charge on any atom is 0.364 e. The zero-order valence-corrected chi connectivity index (χ0v) is 11.0. The second-order valence-corrected chi connectivity index (χ2v) is 6.99. The third-order valence-corrected chi connectivity index (χ3v) is 5.85. The maximum atomic E-state index is 5.50. The number of hydrogen-bond donors (Lipinski definition) is 0. The molecule has 0 aromatic heterocycles. The first-order valence-corrected chi connectivity index (χ1v) is 7.57. The molecule has 0 rings (SSSR count). The molecule has 0 N–H and O–H groups in total. The second-order valence-electron chi connectivity index (χ2n) is 3.56. The van der Waals surface area contributed by atoms with E-state index in [2.05, 4.69) is 6.92 Å². The molecule has 0 fully saturated rings. The minimum absolute atomic E-state index is 0.631. The van der Waals surface area contributed by atoms with Crippen LogP contribution in [0.2, 0.25) is 6.04 Å². The van der Waals surface area contributed by atoms with Gasteiger partial charge in [-0.05, 0) is 6.04 Å². The van der Waals surface area contributed by atoms with E-state index >= 15 is 0 Å². The van der Waals surface area contributed by atoms with Crippen LogP contribution in [0.25, 0.3) is 0 Å². The summed E-state index contributed by atoms with van der Waals surface area (Å²) >= 11 is 0. The number of rotatable bonds is 9. The van der Waals surface area contributed by atoms with E-state index in [0.717, 1.165) is 6.04 Å². The van der Waals surface area contributed by atoms with E-state index < -0.39 is 8.56 Å². The summed E-state index contributed by atoms with van der Waals surface area (Å²) in [4.78, 5) is 0. The summed E-state index contributed by atoms with van der Waals surface area (Å²) in [5.74, 6) is 0. The first-order valence-electron chi connectivity index (χ1n) is 5.34. The Morgan fingerprint density at radius 3 is 2.00 bits per heavy atom. The molecule has 0 saturated carbocycles. The fourth-order valence-corrected chi connectivity index (χ4v) is 3.70. The number of methoxy groups -OCH3 is 1. The topological polar surface area (TPSA) is 27.7 Å². The van der Waals surface area contributed by atoms with Gasteiger partial charge in [0.05, 0.1) is 6.23 Å². The third kappa shape index (κ3) is 5.10. The molecule has 0 bridgehead atoms. The van der Waals surface area contributed by atoms with Crippen LogP contribution in [0.4, 0.5) is 0 Å². The molecule has 0 aliphatic rings. The van der Waals surface area contributed by atoms with Gasteiger partial charge in [-0.1, -0.05) is 32.6 Å². The summed E-state index contributed by atoms with van der Waals surface area (Å²) in [7, 11) is 3.15. The third-order valence-electron chi connectivity index (χ3n) is 2.52. The predicted octanol–water partition coefficient (Wildman–Crippen LogP) is 2.49. The highest BCUT2D eigenvalue weighted by Crippen LogP contribution is 2.17. The molecule has 4 heteroatoms. The summed E-state index contributed by atoms with van der Waals surface area (Å²) in [5, 5.41) is 0. The number of unbranched alkanes of at least 4 members (excludes halogenated alkanes) is 3. The molecule has 0 amide bonds. The van der Waals surface area contributed by atoms with Crippen LogP contribution >= 0.6 is 0 Å². The van der Waals surface area contributed by atoms with Crippen molar-refractivity contribution in [3.63, 3.8) is 0 Å². The van der Waals surface area contributed by atoms with Crippen molar-refractivity contribution < 1.29 is 13.6 Å². The van der Waals surface area contributed by atoms with Crippen molar-refractivity contribution in [2.24, 2.45) is 0 Å². The Morgan fingerprint density at radius 2 is 1.57 bits per heavy atom. The molecule has 86 valence electrons. The summed E-state index contributed by atoms with van der Waals surface area (Å²) in [5.41, 5.74) is 0. The molecule has 3 nitrogen and oxygen atoms in total. The highest BCUT2D eigenvalue weighted by Gasteiger charge is 2.34. The van der Waals surface area contributed by atoms with Crippen molar-refractivity contribution in [3.05, 3.63) is 0 Å². The van der Waals surface area contributed by atoms with Gasteiger partial charge in [0.1, 0.15) is 0 Å². The van der Waals surface area contributed by atoms with Gasteiger partial charge in [-0.2, -0.15) is 0 Å². The minimum atomic E-state index is -2.02. The average Bonchev–Trinajstić information content (AvgIpc) is 2.23. The average molecular weight is 220 g/mol. The highest BCUT2D eigenvalue weighted by atomic mass is 28.4. The van der Waals surface area contributed by atoms with E-state index in [1.54, 1.807) is 21.3 Å². The van der Waals surface area contributed by atoms with Gasteiger partial charge in [-0.3, -0.25) is 0 Å². The molecule has 0 aromatic carbocycles. The fraction of sp³-hybridized carbons (Fsp3) is 1.00. The Kier molecular flexibility index (Phi) is 8.47. The zero-order valence-electron chi connectivity index (χ0n) is 9.97. The van der Waals surface area contributed by atoms with Crippen molar-refractivity contribution in [2.45, 2.75) is 38.7 Å². The Labute approximate surface area is 89.0 Å². The molecule has 0 aliphatic carbocycles. The smallest absolute Gasteiger partial charge is 0.364 e. The van der Waals surface area contributed by atoms with Crippen molar-refractivity contribution in [1.82, 2.24) is 0 Å². The van der Waals surface area contributed by atoms with Crippen molar-refractivity contribution in [3.8, 4) is 0 Å². The van der Waals surface area contributed by atoms with Gasteiger partial charge in [-0.25, -0.2) is 0 Å². The van der Waals surface area contributed by atoms with Gasteiger partial charge in [0.25, 0.3) is 0 Å². The van der Waals surface area contributed by atoms with Gasteiger partial charge < -0.3 is 13.6 Å². The van der Waals surface area contributed by atoms with E-state index in [4.69, 9.17) is 13.6 Å². The molecular weight excluding hydrogens is 196 g/mol. The molecule has 0 aliphatic heterocycles. The summed E-state index contributed by atoms with van der Waals surface area (Å²) in [6.45, 7) is 2.21. The summed E-state index contributed by atoms with van der Waals surface area (Å²) < 4.78 is 16.2. The van der Waals surface area contributed by atoms with Gasteiger partial charge in [0, 0.05) is 21.3 Å². The van der Waals surface area contributed by atoms with E-state index in [-0.39, 0.29) is 0 Å². The Hall–Kier alpha value is 0.0969. The first kappa shape index (κ1) is 14.1. The second kappa shape index (κ2) is 8.41. The van der Waals surface area contributed by atoms with Crippen molar-refractivity contribution in [2.75, 3.05) is 27.6 Å². The maximum absolute atomic E-state index is 5.50. The number of ether oxygens (including phenoxy) is 1. The van der Waals surface area contributed by atoms with Crippen LogP contribution in [0.5, 0.6) is 0 Å². The standard InChI is InChI=1S/C10H24O3Si/c1-5-6-7-8-9-14(12-3,13-4)10-11-2/h5-10H2,1-4H3. The molecule has 0 radical (unpaired) electrons. The molecular formula is C10H24O3Si. The molecule has 0 spiro atoms. The van der Waals surface area contributed by atoms with Crippen LogP contribution in [-0.4, -0.2) is 36.1 Å². The van der Waals surface area contributed by atoms with Crippen LogP contribution < -0.4 is 0 Å². The normalized spacial score (nSPS) is 12.0. The van der Waals surface area contributed by atoms with E-state index in [1.165, 1.54) is 25.7 Å². The fourth-order valence-electron chi connectivity index (χ4n) is 1.52. The largest absolute Gasteiger partial charge is 0.396 e. The van der Waals surface area contributed by atoms with E-state index in [1.807, 2.05) is 0 Å². The quantitative estimate of drug-likeness (QED) is 0.441. The summed E-state index contributed by atoms with van der Waals surface area (Å²) in [6.07, 6.45) is 5.64. The van der Waals surface area contributed by atoms with Crippen molar-refractivity contribution in [1.29, 1.82) is 0 Å². The van der Waals surface area contributed by atoms with Crippen molar-refractivity contribution >= 4 is 8.56 Å².